The maximum atomic E-state index is 12.0. The van der Waals surface area contributed by atoms with E-state index in [-0.39, 0.29) is 15.9 Å². The molecule has 1 rings (SSSR count). The van der Waals surface area contributed by atoms with E-state index in [4.69, 9.17) is 5.11 Å². The minimum absolute atomic E-state index is 0.0499. The van der Waals surface area contributed by atoms with Gasteiger partial charge in [0.15, 0.2) is 0 Å². The highest BCUT2D eigenvalue weighted by molar-refractivity contribution is 7.91. The summed E-state index contributed by atoms with van der Waals surface area (Å²) in [4.78, 5) is 21.5. The molecule has 0 aliphatic rings. The van der Waals surface area contributed by atoms with Crippen LogP contribution in [0.1, 0.15) is 27.2 Å². The highest BCUT2D eigenvalue weighted by atomic mass is 32.2. The second-order valence-electron chi connectivity index (χ2n) is 4.61. The minimum Gasteiger partial charge on any atom is -0.481 e. The molecule has 1 aromatic rings. The summed E-state index contributed by atoms with van der Waals surface area (Å²) in [5, 5.41) is 18.0. The Morgan fingerprint density at radius 2 is 1.95 bits per heavy atom. The summed E-state index contributed by atoms with van der Waals surface area (Å²) in [6.07, 6.45) is -0.385. The van der Waals surface area contributed by atoms with Crippen LogP contribution in [0.2, 0.25) is 0 Å². The summed E-state index contributed by atoms with van der Waals surface area (Å²) < 4.78 is 25.9. The van der Waals surface area contributed by atoms with Gasteiger partial charge in [-0.3, -0.25) is 9.59 Å². The van der Waals surface area contributed by atoms with Crippen LogP contribution in [0.4, 0.5) is 5.13 Å². The van der Waals surface area contributed by atoms with Gasteiger partial charge in [-0.25, -0.2) is 13.1 Å². The van der Waals surface area contributed by atoms with Gasteiger partial charge in [-0.2, -0.15) is 0 Å². The van der Waals surface area contributed by atoms with Crippen LogP contribution in [0, 0.1) is 0 Å². The molecule has 0 fully saturated rings. The molecule has 20 heavy (non-hydrogen) atoms. The smallest absolute Gasteiger partial charge is 0.305 e. The van der Waals surface area contributed by atoms with Gasteiger partial charge in [0.05, 0.1) is 6.42 Å². The number of carbonyl (C=O) groups is 2. The number of rotatable bonds is 6. The number of nitrogens with one attached hydrogen (secondary N) is 2. The first kappa shape index (κ1) is 16.5. The van der Waals surface area contributed by atoms with Gasteiger partial charge in [0.25, 0.3) is 10.0 Å². The zero-order valence-corrected chi connectivity index (χ0v) is 12.6. The normalized spacial score (nSPS) is 12.2. The molecule has 0 atom stereocenters. The van der Waals surface area contributed by atoms with Crippen molar-refractivity contribution in [3.63, 3.8) is 0 Å². The molecule has 0 bridgehead atoms. The average Bonchev–Trinajstić information content (AvgIpc) is 2.61. The Bertz CT molecular complexity index is 622. The summed E-state index contributed by atoms with van der Waals surface area (Å²) in [5.41, 5.74) is -1.18. The summed E-state index contributed by atoms with van der Waals surface area (Å²) in [6, 6.07) is 0. The maximum absolute atomic E-state index is 12.0. The van der Waals surface area contributed by atoms with Crippen LogP contribution in [0.5, 0.6) is 0 Å². The molecular weight excluding hydrogens is 308 g/mol. The lowest BCUT2D eigenvalue weighted by molar-refractivity contribution is -0.138. The number of amides is 1. The van der Waals surface area contributed by atoms with Gasteiger partial charge in [-0.1, -0.05) is 11.3 Å². The number of hydrogen-bond acceptors (Lipinski definition) is 7. The van der Waals surface area contributed by atoms with Crippen LogP contribution in [-0.2, 0) is 19.6 Å². The lowest BCUT2D eigenvalue weighted by Crippen LogP contribution is -2.44. The molecule has 112 valence electrons. The highest BCUT2D eigenvalue weighted by Crippen LogP contribution is 2.22. The summed E-state index contributed by atoms with van der Waals surface area (Å²) in [7, 11) is -4.00. The molecule has 1 heterocycles. The van der Waals surface area contributed by atoms with E-state index in [2.05, 4.69) is 20.2 Å². The Labute approximate surface area is 119 Å². The SMILES string of the molecule is CC(=O)Nc1nnc(S(=O)(=O)NC(C)(C)CC(=O)O)s1. The quantitative estimate of drug-likeness (QED) is 0.628. The first-order chi connectivity index (χ1) is 9.02. The van der Waals surface area contributed by atoms with Gasteiger partial charge >= 0.3 is 5.97 Å². The number of anilines is 1. The van der Waals surface area contributed by atoms with Crippen molar-refractivity contribution in [3.05, 3.63) is 0 Å². The van der Waals surface area contributed by atoms with E-state index in [1.807, 2.05) is 0 Å². The van der Waals surface area contributed by atoms with Gasteiger partial charge < -0.3 is 10.4 Å². The second-order valence-corrected chi connectivity index (χ2v) is 7.45. The van der Waals surface area contributed by atoms with E-state index in [1.54, 1.807) is 0 Å². The van der Waals surface area contributed by atoms with Crippen LogP contribution in [0.25, 0.3) is 0 Å². The zero-order chi connectivity index (χ0) is 15.6. The number of aromatic nitrogens is 2. The second kappa shape index (κ2) is 5.81. The molecule has 0 saturated heterocycles. The van der Waals surface area contributed by atoms with Crippen molar-refractivity contribution in [1.29, 1.82) is 0 Å². The number of carboxylic acid groups (broad SMARTS) is 1. The molecule has 0 spiro atoms. The van der Waals surface area contributed by atoms with Crippen LogP contribution < -0.4 is 10.0 Å². The molecule has 9 nitrogen and oxygen atoms in total. The monoisotopic (exact) mass is 322 g/mol. The summed E-state index contributed by atoms with van der Waals surface area (Å²) in [5.74, 6) is -1.53. The Morgan fingerprint density at radius 3 is 2.45 bits per heavy atom. The van der Waals surface area contributed by atoms with E-state index < -0.39 is 27.4 Å². The maximum Gasteiger partial charge on any atom is 0.305 e. The van der Waals surface area contributed by atoms with Crippen molar-refractivity contribution >= 4 is 38.4 Å². The molecule has 1 amide bonds. The van der Waals surface area contributed by atoms with Gasteiger partial charge in [0.1, 0.15) is 0 Å². The van der Waals surface area contributed by atoms with Crippen LogP contribution in [0.3, 0.4) is 0 Å². The summed E-state index contributed by atoms with van der Waals surface area (Å²) >= 11 is 0.676. The average molecular weight is 322 g/mol. The molecule has 0 unspecified atom stereocenters. The number of hydrogen-bond donors (Lipinski definition) is 3. The van der Waals surface area contributed by atoms with Crippen molar-refractivity contribution in [2.75, 3.05) is 5.32 Å². The Balaban J connectivity index is 2.91. The Hall–Kier alpha value is -1.59. The number of aliphatic carboxylic acids is 1. The largest absolute Gasteiger partial charge is 0.481 e. The third kappa shape index (κ3) is 4.83. The predicted octanol–water partition coefficient (Wildman–Crippen LogP) is 0.0281. The molecule has 0 radical (unpaired) electrons. The predicted molar refractivity (Wildman–Crippen MR) is 70.9 cm³/mol. The third-order valence-electron chi connectivity index (χ3n) is 1.92. The number of carbonyl (C=O) groups excluding carboxylic acids is 1. The fourth-order valence-corrected chi connectivity index (χ4v) is 3.70. The number of carboxylic acids is 1. The molecule has 1 aromatic heterocycles. The van der Waals surface area contributed by atoms with Gasteiger partial charge in [-0.15, -0.1) is 10.2 Å². The molecule has 0 aliphatic heterocycles. The zero-order valence-electron chi connectivity index (χ0n) is 11.0. The Kier molecular flexibility index (Phi) is 4.78. The molecule has 0 saturated carbocycles. The molecular formula is C9H14N4O5S2. The molecule has 11 heteroatoms. The first-order valence-corrected chi connectivity index (χ1v) is 7.69. The van der Waals surface area contributed by atoms with E-state index >= 15 is 0 Å². The van der Waals surface area contributed by atoms with Crippen molar-refractivity contribution in [1.82, 2.24) is 14.9 Å². The van der Waals surface area contributed by atoms with Crippen molar-refractivity contribution in [2.45, 2.75) is 37.1 Å². The molecule has 0 aromatic carbocycles. The van der Waals surface area contributed by atoms with E-state index in [0.717, 1.165) is 0 Å². The van der Waals surface area contributed by atoms with Crippen LogP contribution in [-0.4, -0.2) is 41.1 Å². The highest BCUT2D eigenvalue weighted by Gasteiger charge is 2.31. The minimum atomic E-state index is -4.00. The van der Waals surface area contributed by atoms with Crippen LogP contribution in [0.15, 0.2) is 4.34 Å². The molecule has 3 N–H and O–H groups in total. The standard InChI is InChI=1S/C9H14N4O5S2/c1-5(14)10-7-11-12-8(19-7)20(17,18)13-9(2,3)4-6(15)16/h13H,4H2,1-3H3,(H,15,16)(H,10,11,14). The molecule has 0 aliphatic carbocycles. The van der Waals surface area contributed by atoms with E-state index in [0.29, 0.717) is 11.3 Å². The van der Waals surface area contributed by atoms with Gasteiger partial charge in [0, 0.05) is 12.5 Å². The van der Waals surface area contributed by atoms with E-state index in [1.165, 1.54) is 20.8 Å². The summed E-state index contributed by atoms with van der Waals surface area (Å²) in [6.45, 7) is 4.13. The fraction of sp³-hybridized carbons (Fsp3) is 0.556. The Morgan fingerprint density at radius 1 is 1.35 bits per heavy atom. The van der Waals surface area contributed by atoms with Crippen molar-refractivity contribution in [2.24, 2.45) is 0 Å². The lowest BCUT2D eigenvalue weighted by Gasteiger charge is -2.22. The third-order valence-corrected chi connectivity index (χ3v) is 4.83. The number of nitrogens with zero attached hydrogens (tertiary/aromatic N) is 2. The van der Waals surface area contributed by atoms with Gasteiger partial charge in [-0.05, 0) is 13.8 Å². The fourth-order valence-electron chi connectivity index (χ4n) is 1.34. The van der Waals surface area contributed by atoms with Crippen molar-refractivity contribution in [3.8, 4) is 0 Å². The van der Waals surface area contributed by atoms with E-state index in [9.17, 15) is 18.0 Å². The lowest BCUT2D eigenvalue weighted by atomic mass is 10.0. The number of sulfonamides is 1. The topological polar surface area (TPSA) is 138 Å². The van der Waals surface area contributed by atoms with Gasteiger partial charge in [0.2, 0.25) is 15.4 Å². The van der Waals surface area contributed by atoms with Crippen molar-refractivity contribution < 1.29 is 23.1 Å². The first-order valence-electron chi connectivity index (χ1n) is 5.39. The van der Waals surface area contributed by atoms with Crippen LogP contribution >= 0.6 is 11.3 Å².